The molecule has 0 radical (unpaired) electrons. The van der Waals surface area contributed by atoms with Gasteiger partial charge in [-0.1, -0.05) is 15.9 Å². The molecule has 0 bridgehead atoms. The number of benzene rings is 2. The molecule has 0 spiro atoms. The summed E-state index contributed by atoms with van der Waals surface area (Å²) < 4.78 is 16.0. The summed E-state index contributed by atoms with van der Waals surface area (Å²) in [6, 6.07) is 11.3. The van der Waals surface area contributed by atoms with Crippen molar-refractivity contribution >= 4 is 27.9 Å². The van der Waals surface area contributed by atoms with Crippen molar-refractivity contribution in [1.82, 2.24) is 0 Å². The highest BCUT2D eigenvalue weighted by molar-refractivity contribution is 9.10. The number of hydrogen-bond donors (Lipinski definition) is 0. The van der Waals surface area contributed by atoms with Crippen LogP contribution in [0.5, 0.6) is 11.5 Å². The Balaban J connectivity index is 2.21. The maximum atomic E-state index is 12.2. The average molecular weight is 379 g/mol. The van der Waals surface area contributed by atoms with Gasteiger partial charge in [-0.15, -0.1) is 0 Å². The second-order valence-electron chi connectivity index (χ2n) is 4.48. The Hall–Kier alpha value is -2.34. The molecule has 120 valence electrons. The molecule has 0 fully saturated rings. The summed E-state index contributed by atoms with van der Waals surface area (Å²) in [6.07, 6.45) is 0. The van der Waals surface area contributed by atoms with Crippen molar-refractivity contribution in [2.24, 2.45) is 0 Å². The molecule has 0 aliphatic rings. The maximum Gasteiger partial charge on any atom is 0.343 e. The zero-order valence-electron chi connectivity index (χ0n) is 12.7. The van der Waals surface area contributed by atoms with Gasteiger partial charge in [0.1, 0.15) is 17.1 Å². The molecule has 0 heterocycles. The lowest BCUT2D eigenvalue weighted by atomic mass is 10.2. The Morgan fingerprint density at radius 2 is 1.74 bits per heavy atom. The van der Waals surface area contributed by atoms with Gasteiger partial charge in [0.2, 0.25) is 0 Å². The Kier molecular flexibility index (Phi) is 5.76. The quantitative estimate of drug-likeness (QED) is 0.583. The van der Waals surface area contributed by atoms with E-state index < -0.39 is 11.9 Å². The number of rotatable bonds is 5. The molecule has 2 rings (SSSR count). The lowest BCUT2D eigenvalue weighted by Crippen LogP contribution is -2.12. The predicted molar refractivity (Wildman–Crippen MR) is 88.1 cm³/mol. The number of ether oxygens (including phenoxy) is 3. The van der Waals surface area contributed by atoms with Gasteiger partial charge in [0, 0.05) is 4.47 Å². The van der Waals surface area contributed by atoms with Gasteiger partial charge in [-0.05, 0) is 49.4 Å². The number of halogens is 1. The molecule has 0 saturated carbocycles. The summed E-state index contributed by atoms with van der Waals surface area (Å²) in [4.78, 5) is 24.0. The summed E-state index contributed by atoms with van der Waals surface area (Å²) in [6.45, 7) is 2.43. The monoisotopic (exact) mass is 378 g/mol. The maximum absolute atomic E-state index is 12.2. The average Bonchev–Trinajstić information content (AvgIpc) is 2.56. The number of carbonyl (C=O) groups is 2. The lowest BCUT2D eigenvalue weighted by Gasteiger charge is -2.10. The van der Waals surface area contributed by atoms with Crippen LogP contribution in [0.2, 0.25) is 0 Å². The molecule has 0 unspecified atom stereocenters. The Bertz CT molecular complexity index is 709. The van der Waals surface area contributed by atoms with Gasteiger partial charge in [0.25, 0.3) is 0 Å². The predicted octanol–water partition coefficient (Wildman–Crippen LogP) is 3.85. The molecule has 6 heteroatoms. The Labute approximate surface area is 142 Å². The van der Waals surface area contributed by atoms with Crippen LogP contribution in [0.1, 0.15) is 27.6 Å². The molecule has 0 aliphatic carbocycles. The summed E-state index contributed by atoms with van der Waals surface area (Å²) >= 11 is 3.27. The summed E-state index contributed by atoms with van der Waals surface area (Å²) in [5, 5.41) is 0. The topological polar surface area (TPSA) is 61.8 Å². The van der Waals surface area contributed by atoms with Crippen LogP contribution in [-0.2, 0) is 4.74 Å². The SMILES string of the molecule is CCOc1ccc(C(=O)Oc2ccc(Br)cc2C(=O)OC)cc1. The van der Waals surface area contributed by atoms with Gasteiger partial charge < -0.3 is 14.2 Å². The van der Waals surface area contributed by atoms with Crippen LogP contribution in [0.4, 0.5) is 0 Å². The van der Waals surface area contributed by atoms with E-state index in [2.05, 4.69) is 15.9 Å². The van der Waals surface area contributed by atoms with Crippen molar-refractivity contribution < 1.29 is 23.8 Å². The third-order valence-corrected chi connectivity index (χ3v) is 3.44. The van der Waals surface area contributed by atoms with Crippen molar-refractivity contribution in [2.75, 3.05) is 13.7 Å². The van der Waals surface area contributed by atoms with Gasteiger partial charge in [-0.2, -0.15) is 0 Å². The minimum Gasteiger partial charge on any atom is -0.494 e. The Morgan fingerprint density at radius 1 is 1.04 bits per heavy atom. The second kappa shape index (κ2) is 7.78. The number of hydrogen-bond acceptors (Lipinski definition) is 5. The van der Waals surface area contributed by atoms with Crippen LogP contribution in [0.25, 0.3) is 0 Å². The highest BCUT2D eigenvalue weighted by Crippen LogP contribution is 2.25. The van der Waals surface area contributed by atoms with Gasteiger partial charge in [-0.3, -0.25) is 0 Å². The first-order chi connectivity index (χ1) is 11.0. The van der Waals surface area contributed by atoms with Crippen LogP contribution in [-0.4, -0.2) is 25.7 Å². The van der Waals surface area contributed by atoms with E-state index >= 15 is 0 Å². The Morgan fingerprint density at radius 3 is 2.35 bits per heavy atom. The summed E-state index contributed by atoms with van der Waals surface area (Å²) in [5.41, 5.74) is 0.522. The van der Waals surface area contributed by atoms with Crippen LogP contribution in [0, 0.1) is 0 Å². The van der Waals surface area contributed by atoms with Crippen LogP contribution in [0.15, 0.2) is 46.9 Å². The zero-order chi connectivity index (χ0) is 16.8. The largest absolute Gasteiger partial charge is 0.494 e. The second-order valence-corrected chi connectivity index (χ2v) is 5.39. The minimum atomic E-state index is -0.583. The number of esters is 2. The normalized spacial score (nSPS) is 10.0. The molecule has 2 aromatic rings. The molecule has 0 N–H and O–H groups in total. The first-order valence-corrected chi connectivity index (χ1v) is 7.67. The van der Waals surface area contributed by atoms with Crippen LogP contribution < -0.4 is 9.47 Å². The fraction of sp³-hybridized carbons (Fsp3) is 0.176. The highest BCUT2D eigenvalue weighted by Gasteiger charge is 2.17. The van der Waals surface area contributed by atoms with Crippen LogP contribution in [0.3, 0.4) is 0 Å². The molecule has 0 aliphatic heterocycles. The molecular formula is C17H15BrO5. The van der Waals surface area contributed by atoms with E-state index in [0.717, 1.165) is 0 Å². The van der Waals surface area contributed by atoms with Gasteiger partial charge in [0.05, 0.1) is 19.3 Å². The first kappa shape index (κ1) is 17.0. The fourth-order valence-electron chi connectivity index (χ4n) is 1.87. The molecule has 0 saturated heterocycles. The molecule has 0 atom stereocenters. The molecule has 2 aromatic carbocycles. The van der Waals surface area contributed by atoms with Crippen molar-refractivity contribution in [3.05, 3.63) is 58.1 Å². The minimum absolute atomic E-state index is 0.138. The third-order valence-electron chi connectivity index (χ3n) is 2.95. The van der Waals surface area contributed by atoms with Crippen molar-refractivity contribution in [3.8, 4) is 11.5 Å². The van der Waals surface area contributed by atoms with E-state index in [0.29, 0.717) is 22.4 Å². The van der Waals surface area contributed by atoms with Crippen molar-refractivity contribution in [3.63, 3.8) is 0 Å². The van der Waals surface area contributed by atoms with E-state index in [1.54, 1.807) is 30.3 Å². The van der Waals surface area contributed by atoms with Gasteiger partial charge in [0.15, 0.2) is 0 Å². The van der Waals surface area contributed by atoms with Gasteiger partial charge in [-0.25, -0.2) is 9.59 Å². The lowest BCUT2D eigenvalue weighted by molar-refractivity contribution is 0.0593. The van der Waals surface area contributed by atoms with E-state index in [1.807, 2.05) is 6.92 Å². The fourth-order valence-corrected chi connectivity index (χ4v) is 2.23. The van der Waals surface area contributed by atoms with E-state index in [-0.39, 0.29) is 11.3 Å². The number of methoxy groups -OCH3 is 1. The molecule has 5 nitrogen and oxygen atoms in total. The number of carbonyl (C=O) groups excluding carboxylic acids is 2. The third kappa shape index (κ3) is 4.32. The smallest absolute Gasteiger partial charge is 0.343 e. The first-order valence-electron chi connectivity index (χ1n) is 6.88. The van der Waals surface area contributed by atoms with Crippen molar-refractivity contribution in [2.45, 2.75) is 6.92 Å². The summed E-state index contributed by atoms with van der Waals surface area (Å²) in [5.74, 6) is -0.344. The van der Waals surface area contributed by atoms with Gasteiger partial charge >= 0.3 is 11.9 Å². The van der Waals surface area contributed by atoms with Crippen molar-refractivity contribution in [1.29, 1.82) is 0 Å². The molecule has 0 amide bonds. The van der Waals surface area contributed by atoms with E-state index in [1.165, 1.54) is 19.2 Å². The molecular weight excluding hydrogens is 364 g/mol. The van der Waals surface area contributed by atoms with E-state index in [4.69, 9.17) is 14.2 Å². The highest BCUT2D eigenvalue weighted by atomic mass is 79.9. The van der Waals surface area contributed by atoms with Crippen LogP contribution >= 0.6 is 15.9 Å². The van der Waals surface area contributed by atoms with E-state index in [9.17, 15) is 9.59 Å². The summed E-state index contributed by atoms with van der Waals surface area (Å²) in [7, 11) is 1.27. The standard InChI is InChI=1S/C17H15BrO5/c1-3-22-13-7-4-11(5-8-13)16(19)23-15-9-6-12(18)10-14(15)17(20)21-2/h4-10H,3H2,1-2H3. The molecule has 0 aromatic heterocycles. The zero-order valence-corrected chi connectivity index (χ0v) is 14.3. The molecule has 23 heavy (non-hydrogen) atoms.